The molecule has 0 fully saturated rings. The number of allylic oxidation sites excluding steroid dienone is 2. The number of amides is 1. The van der Waals surface area contributed by atoms with Crippen LogP contribution in [0.2, 0.25) is 5.02 Å². The van der Waals surface area contributed by atoms with Gasteiger partial charge in [0.15, 0.2) is 0 Å². The smallest absolute Gasteiger partial charge is 0.270 e. The zero-order chi connectivity index (χ0) is 18.9. The minimum atomic E-state index is -4.02. The Morgan fingerprint density at radius 2 is 1.81 bits per heavy atom. The van der Waals surface area contributed by atoms with E-state index in [4.69, 9.17) is 11.6 Å². The summed E-state index contributed by atoms with van der Waals surface area (Å²) in [5.41, 5.74) is 1.74. The molecule has 4 nitrogen and oxygen atoms in total. The van der Waals surface area contributed by atoms with Gasteiger partial charge in [-0.25, -0.2) is 17.1 Å². The van der Waals surface area contributed by atoms with Gasteiger partial charge in [-0.15, -0.1) is 0 Å². The molecule has 26 heavy (non-hydrogen) atoms. The Kier molecular flexibility index (Phi) is 5.16. The van der Waals surface area contributed by atoms with Crippen molar-refractivity contribution in [1.29, 1.82) is 0 Å². The fourth-order valence-corrected chi connectivity index (χ4v) is 4.87. The van der Waals surface area contributed by atoms with Crippen LogP contribution in [0, 0.1) is 5.82 Å². The summed E-state index contributed by atoms with van der Waals surface area (Å²) in [5, 5.41) is -0.0402. The molecule has 0 aromatic heterocycles. The highest BCUT2D eigenvalue weighted by atomic mass is 35.5. The zero-order valence-electron chi connectivity index (χ0n) is 14.1. The summed E-state index contributed by atoms with van der Waals surface area (Å²) in [7, 11) is -4.02. The quantitative estimate of drug-likeness (QED) is 0.762. The van der Waals surface area contributed by atoms with Gasteiger partial charge in [-0.1, -0.05) is 35.9 Å². The van der Waals surface area contributed by atoms with Crippen molar-refractivity contribution < 1.29 is 17.6 Å². The first-order valence-electron chi connectivity index (χ1n) is 8.11. The molecule has 2 aromatic carbocycles. The van der Waals surface area contributed by atoms with E-state index < -0.39 is 21.7 Å². The lowest BCUT2D eigenvalue weighted by atomic mass is 10.0. The average Bonchev–Trinajstić information content (AvgIpc) is 3.06. The lowest BCUT2D eigenvalue weighted by molar-refractivity contribution is -0.123. The molecule has 0 N–H and O–H groups in total. The van der Waals surface area contributed by atoms with Crippen LogP contribution in [0.3, 0.4) is 0 Å². The van der Waals surface area contributed by atoms with Crippen molar-refractivity contribution >= 4 is 33.1 Å². The van der Waals surface area contributed by atoms with Crippen LogP contribution in [0.5, 0.6) is 0 Å². The van der Waals surface area contributed by atoms with Crippen molar-refractivity contribution in [3.05, 3.63) is 70.6 Å². The van der Waals surface area contributed by atoms with E-state index >= 15 is 0 Å². The molecule has 1 amide bonds. The van der Waals surface area contributed by atoms with E-state index in [1.54, 1.807) is 24.3 Å². The molecular weight excluding hydrogens is 377 g/mol. The predicted molar refractivity (Wildman–Crippen MR) is 98.3 cm³/mol. The lowest BCUT2D eigenvalue weighted by Crippen LogP contribution is -2.34. The van der Waals surface area contributed by atoms with Crippen LogP contribution in [0.1, 0.15) is 31.7 Å². The summed E-state index contributed by atoms with van der Waals surface area (Å²) >= 11 is 5.87. The van der Waals surface area contributed by atoms with Crippen LogP contribution in [-0.2, 0) is 14.8 Å². The number of sulfonamides is 1. The Morgan fingerprint density at radius 3 is 2.42 bits per heavy atom. The Hall–Kier alpha value is -2.18. The van der Waals surface area contributed by atoms with Gasteiger partial charge in [0.2, 0.25) is 5.91 Å². The van der Waals surface area contributed by atoms with Crippen molar-refractivity contribution in [2.45, 2.75) is 31.1 Å². The molecule has 0 radical (unpaired) electrons. The van der Waals surface area contributed by atoms with E-state index in [0.29, 0.717) is 36.1 Å². The van der Waals surface area contributed by atoms with Crippen LogP contribution in [0.4, 0.5) is 4.39 Å². The van der Waals surface area contributed by atoms with E-state index in [-0.39, 0.29) is 9.92 Å². The minimum Gasteiger partial charge on any atom is -0.274 e. The average molecular weight is 394 g/mol. The highest BCUT2D eigenvalue weighted by molar-refractivity contribution is 7.89. The second kappa shape index (κ2) is 7.21. The number of carbonyl (C=O) groups excluding carboxylic acids is 1. The normalized spacial score (nSPS) is 14.6. The summed E-state index contributed by atoms with van der Waals surface area (Å²) in [6.07, 6.45) is 1.73. The summed E-state index contributed by atoms with van der Waals surface area (Å²) in [6, 6.07) is 12.1. The Balaban J connectivity index is 2.15. The van der Waals surface area contributed by atoms with Gasteiger partial charge >= 0.3 is 0 Å². The van der Waals surface area contributed by atoms with E-state index in [0.717, 1.165) is 4.31 Å². The van der Waals surface area contributed by atoms with Gasteiger partial charge in [0, 0.05) is 12.6 Å². The highest BCUT2D eigenvalue weighted by Crippen LogP contribution is 2.39. The van der Waals surface area contributed by atoms with E-state index in [1.807, 2.05) is 0 Å². The topological polar surface area (TPSA) is 54.5 Å². The first-order valence-corrected chi connectivity index (χ1v) is 9.92. The molecule has 1 aliphatic carbocycles. The fraction of sp³-hybridized carbons (Fsp3) is 0.211. The van der Waals surface area contributed by atoms with Crippen LogP contribution in [0.15, 0.2) is 59.1 Å². The number of carbonyl (C=O) groups is 1. The van der Waals surface area contributed by atoms with Gasteiger partial charge in [0.1, 0.15) is 5.82 Å². The van der Waals surface area contributed by atoms with Gasteiger partial charge in [-0.2, -0.15) is 0 Å². The first-order chi connectivity index (χ1) is 12.3. The Morgan fingerprint density at radius 1 is 1.12 bits per heavy atom. The number of hydrogen-bond donors (Lipinski definition) is 0. The molecule has 0 heterocycles. The van der Waals surface area contributed by atoms with Gasteiger partial charge in [0.05, 0.1) is 9.92 Å². The minimum absolute atomic E-state index is 0.0402. The van der Waals surface area contributed by atoms with Crippen molar-refractivity contribution in [3.63, 3.8) is 0 Å². The van der Waals surface area contributed by atoms with Crippen LogP contribution in [-0.4, -0.2) is 18.6 Å². The molecule has 0 bridgehead atoms. The van der Waals surface area contributed by atoms with Crippen molar-refractivity contribution in [2.75, 3.05) is 0 Å². The summed E-state index contributed by atoms with van der Waals surface area (Å²) in [4.78, 5) is 12.3. The largest absolute Gasteiger partial charge is 0.274 e. The Labute approximate surface area is 156 Å². The second-order valence-corrected chi connectivity index (χ2v) is 8.20. The first kappa shape index (κ1) is 18.6. The van der Waals surface area contributed by atoms with Crippen molar-refractivity contribution in [1.82, 2.24) is 4.31 Å². The van der Waals surface area contributed by atoms with Crippen molar-refractivity contribution in [3.8, 4) is 0 Å². The van der Waals surface area contributed by atoms with Gasteiger partial charge in [-0.3, -0.25) is 4.79 Å². The van der Waals surface area contributed by atoms with E-state index in [9.17, 15) is 17.6 Å². The molecule has 0 spiro atoms. The molecule has 0 saturated heterocycles. The zero-order valence-corrected chi connectivity index (χ0v) is 15.6. The third-order valence-electron chi connectivity index (χ3n) is 4.27. The molecule has 7 heteroatoms. The number of hydrogen-bond acceptors (Lipinski definition) is 3. The molecule has 136 valence electrons. The number of rotatable bonds is 4. The third kappa shape index (κ3) is 3.39. The lowest BCUT2D eigenvalue weighted by Gasteiger charge is -2.24. The van der Waals surface area contributed by atoms with Crippen LogP contribution in [0.25, 0.3) is 5.57 Å². The molecule has 0 unspecified atom stereocenters. The van der Waals surface area contributed by atoms with Crippen LogP contribution >= 0.6 is 11.6 Å². The van der Waals surface area contributed by atoms with Gasteiger partial charge in [0.25, 0.3) is 10.0 Å². The summed E-state index contributed by atoms with van der Waals surface area (Å²) in [6.45, 7) is 1.22. The molecule has 3 rings (SSSR count). The van der Waals surface area contributed by atoms with Crippen LogP contribution < -0.4 is 0 Å². The molecule has 2 aromatic rings. The SMILES string of the molecule is CC(=O)N(C1=C(c2ccc(F)c(Cl)c2)CCC1)S(=O)(=O)c1ccccc1. The molecule has 0 saturated carbocycles. The Bertz CT molecular complexity index is 987. The maximum absolute atomic E-state index is 13.5. The number of benzene rings is 2. The maximum atomic E-state index is 13.5. The maximum Gasteiger partial charge on any atom is 0.270 e. The number of nitrogens with zero attached hydrogens (tertiary/aromatic N) is 1. The molecule has 0 aliphatic heterocycles. The fourth-order valence-electron chi connectivity index (χ4n) is 3.15. The standard InChI is InChI=1S/C19H17ClFNO3S/c1-13(23)22(26(24,25)15-6-3-2-4-7-15)19-9-5-8-16(19)14-10-11-18(21)17(20)12-14/h2-4,6-7,10-12H,5,8-9H2,1H3. The van der Waals surface area contributed by atoms with Gasteiger partial charge < -0.3 is 0 Å². The van der Waals surface area contributed by atoms with E-state index in [1.165, 1.54) is 31.2 Å². The molecule has 0 atom stereocenters. The summed E-state index contributed by atoms with van der Waals surface area (Å²) < 4.78 is 40.4. The van der Waals surface area contributed by atoms with E-state index in [2.05, 4.69) is 0 Å². The van der Waals surface area contributed by atoms with Gasteiger partial charge in [-0.05, 0) is 54.7 Å². The monoisotopic (exact) mass is 393 g/mol. The number of halogens is 2. The highest BCUT2D eigenvalue weighted by Gasteiger charge is 2.34. The summed E-state index contributed by atoms with van der Waals surface area (Å²) in [5.74, 6) is -1.13. The third-order valence-corrected chi connectivity index (χ3v) is 6.39. The van der Waals surface area contributed by atoms with Crippen molar-refractivity contribution in [2.24, 2.45) is 0 Å². The molecular formula is C19H17ClFNO3S. The molecule has 1 aliphatic rings. The second-order valence-electron chi connectivity index (χ2n) is 6.01. The predicted octanol–water partition coefficient (Wildman–Crippen LogP) is 4.61.